The van der Waals surface area contributed by atoms with Crippen LogP contribution in [0.4, 0.5) is 5.82 Å². The number of piperidine rings is 1. The lowest BCUT2D eigenvalue weighted by Gasteiger charge is -2.33. The number of fused-ring (bicyclic) bond motifs is 2. The van der Waals surface area contributed by atoms with Crippen molar-refractivity contribution in [2.75, 3.05) is 39.3 Å². The zero-order valence-corrected chi connectivity index (χ0v) is 17.6. The van der Waals surface area contributed by atoms with Gasteiger partial charge in [-0.1, -0.05) is 0 Å². The Morgan fingerprint density at radius 3 is 2.52 bits per heavy atom. The van der Waals surface area contributed by atoms with Gasteiger partial charge in [0, 0.05) is 30.6 Å². The molecule has 1 fully saturated rings. The van der Waals surface area contributed by atoms with Gasteiger partial charge in [-0.25, -0.2) is 9.50 Å². The van der Waals surface area contributed by atoms with Crippen molar-refractivity contribution >= 4 is 22.4 Å². The number of anilines is 1. The van der Waals surface area contributed by atoms with Crippen molar-refractivity contribution in [2.45, 2.75) is 18.8 Å². The fourth-order valence-electron chi connectivity index (χ4n) is 4.37. The maximum atomic E-state index is 5.63. The number of nitrogens with zero attached hydrogens (tertiary/aromatic N) is 7. The molecule has 0 bridgehead atoms. The molecule has 31 heavy (non-hydrogen) atoms. The lowest BCUT2D eigenvalue weighted by Crippen LogP contribution is -2.34. The van der Waals surface area contributed by atoms with Crippen molar-refractivity contribution in [3.05, 3.63) is 36.5 Å². The van der Waals surface area contributed by atoms with Gasteiger partial charge in [-0.05, 0) is 25.0 Å². The van der Waals surface area contributed by atoms with E-state index in [1.807, 2.05) is 16.6 Å². The third-order valence-corrected chi connectivity index (χ3v) is 5.87. The van der Waals surface area contributed by atoms with Crippen molar-refractivity contribution in [2.24, 2.45) is 0 Å². The second-order valence-corrected chi connectivity index (χ2v) is 7.38. The summed E-state index contributed by atoms with van der Waals surface area (Å²) in [6.07, 6.45) is 6.96. The largest absolute Gasteiger partial charge is 0.493 e. The van der Waals surface area contributed by atoms with Crippen LogP contribution in [-0.2, 0) is 0 Å². The van der Waals surface area contributed by atoms with Crippen LogP contribution in [0.15, 0.2) is 30.9 Å². The van der Waals surface area contributed by atoms with Crippen LogP contribution in [0.5, 0.6) is 17.2 Å². The minimum absolute atomic E-state index is 0.371. The molecule has 0 unspecified atom stereocenters. The zero-order chi connectivity index (χ0) is 21.4. The highest BCUT2D eigenvalue weighted by molar-refractivity contribution is 5.99. The lowest BCUT2D eigenvalue weighted by molar-refractivity contribution is 0.327. The second-order valence-electron chi connectivity index (χ2n) is 7.38. The molecule has 1 aliphatic rings. The van der Waals surface area contributed by atoms with Crippen LogP contribution in [0.1, 0.15) is 24.5 Å². The number of hydrogen-bond acceptors (Lipinski definition) is 9. The first-order chi connectivity index (χ1) is 15.2. The van der Waals surface area contributed by atoms with Gasteiger partial charge in [0.1, 0.15) is 6.33 Å². The normalized spacial score (nSPS) is 14.9. The van der Waals surface area contributed by atoms with Crippen LogP contribution in [0.2, 0.25) is 0 Å². The Morgan fingerprint density at radius 1 is 0.968 bits per heavy atom. The molecule has 0 amide bonds. The number of rotatable bonds is 5. The minimum atomic E-state index is 0.371. The van der Waals surface area contributed by atoms with Crippen molar-refractivity contribution in [3.63, 3.8) is 0 Å². The Bertz CT molecular complexity index is 1230. The predicted octanol–water partition coefficient (Wildman–Crippen LogP) is 2.48. The van der Waals surface area contributed by atoms with E-state index >= 15 is 0 Å². The molecule has 0 atom stereocenters. The third kappa shape index (κ3) is 3.15. The number of methoxy groups -OCH3 is 3. The molecule has 4 heterocycles. The zero-order valence-electron chi connectivity index (χ0n) is 17.6. The van der Waals surface area contributed by atoms with Crippen LogP contribution >= 0.6 is 0 Å². The van der Waals surface area contributed by atoms with E-state index in [1.54, 1.807) is 40.1 Å². The van der Waals surface area contributed by atoms with Crippen molar-refractivity contribution in [1.82, 2.24) is 29.8 Å². The van der Waals surface area contributed by atoms with Gasteiger partial charge in [0.05, 0.1) is 38.6 Å². The topological polar surface area (TPSA) is 99.8 Å². The number of ether oxygens (including phenoxy) is 3. The van der Waals surface area contributed by atoms with E-state index in [0.29, 0.717) is 28.9 Å². The first-order valence-corrected chi connectivity index (χ1v) is 10.1. The Kier molecular flexibility index (Phi) is 4.89. The summed E-state index contributed by atoms with van der Waals surface area (Å²) in [6.45, 7) is 1.68. The maximum Gasteiger partial charge on any atom is 0.252 e. The molecule has 1 aromatic carbocycles. The van der Waals surface area contributed by atoms with Gasteiger partial charge in [0.25, 0.3) is 5.78 Å². The first kappa shape index (κ1) is 19.3. The fourth-order valence-corrected chi connectivity index (χ4v) is 4.37. The van der Waals surface area contributed by atoms with Crippen LogP contribution < -0.4 is 19.1 Å². The number of hydrogen-bond donors (Lipinski definition) is 0. The Hall–Kier alpha value is -3.69. The minimum Gasteiger partial charge on any atom is -0.493 e. The van der Waals surface area contributed by atoms with Gasteiger partial charge in [0.15, 0.2) is 17.3 Å². The summed E-state index contributed by atoms with van der Waals surface area (Å²) < 4.78 is 18.5. The molecule has 5 rings (SSSR count). The van der Waals surface area contributed by atoms with Gasteiger partial charge >= 0.3 is 0 Å². The molecular weight excluding hydrogens is 398 g/mol. The Balaban J connectivity index is 1.48. The SMILES string of the molecule is COc1cc2c(N3CCC(c4ccnc5ncnn45)CC3)nncc2c(OC)c1OC. The van der Waals surface area contributed by atoms with Crippen molar-refractivity contribution in [3.8, 4) is 17.2 Å². The molecule has 1 saturated heterocycles. The van der Waals surface area contributed by atoms with E-state index in [9.17, 15) is 0 Å². The third-order valence-electron chi connectivity index (χ3n) is 5.87. The lowest BCUT2D eigenvalue weighted by atomic mass is 9.93. The summed E-state index contributed by atoms with van der Waals surface area (Å²) in [6, 6.07) is 3.97. The molecule has 3 aromatic heterocycles. The molecule has 0 aliphatic carbocycles. The monoisotopic (exact) mass is 421 g/mol. The summed E-state index contributed by atoms with van der Waals surface area (Å²) in [5.41, 5.74) is 1.14. The Morgan fingerprint density at radius 2 is 1.77 bits per heavy atom. The van der Waals surface area contributed by atoms with E-state index < -0.39 is 0 Å². The van der Waals surface area contributed by atoms with E-state index in [0.717, 1.165) is 48.2 Å². The van der Waals surface area contributed by atoms with Crippen LogP contribution in [-0.4, -0.2) is 64.2 Å². The van der Waals surface area contributed by atoms with Crippen molar-refractivity contribution < 1.29 is 14.2 Å². The Labute approximate surface area is 178 Å². The summed E-state index contributed by atoms with van der Waals surface area (Å²) in [5, 5.41) is 14.8. The quantitative estimate of drug-likeness (QED) is 0.481. The standard InChI is InChI=1S/C21H23N7O3/c1-29-17-10-14-15(18(30-2)19(17)31-3)11-24-26-20(14)27-8-5-13(6-9-27)16-4-7-22-21-23-12-25-28(16)21/h4,7,10-13H,5-6,8-9H2,1-3H3. The molecule has 10 nitrogen and oxygen atoms in total. The average molecular weight is 421 g/mol. The van der Waals surface area contributed by atoms with E-state index in [2.05, 4.69) is 30.2 Å². The van der Waals surface area contributed by atoms with Gasteiger partial charge in [0.2, 0.25) is 5.75 Å². The second kappa shape index (κ2) is 7.86. The molecule has 10 heteroatoms. The number of benzene rings is 1. The average Bonchev–Trinajstić information content (AvgIpc) is 3.31. The highest BCUT2D eigenvalue weighted by atomic mass is 16.5. The van der Waals surface area contributed by atoms with Crippen molar-refractivity contribution in [1.29, 1.82) is 0 Å². The van der Waals surface area contributed by atoms with Crippen LogP contribution in [0, 0.1) is 0 Å². The molecule has 0 spiro atoms. The van der Waals surface area contributed by atoms with E-state index in [4.69, 9.17) is 14.2 Å². The number of aromatic nitrogens is 6. The highest BCUT2D eigenvalue weighted by Crippen LogP contribution is 2.45. The summed E-state index contributed by atoms with van der Waals surface area (Å²) in [5.74, 6) is 3.55. The van der Waals surface area contributed by atoms with Gasteiger partial charge in [-0.15, -0.1) is 5.10 Å². The van der Waals surface area contributed by atoms with Gasteiger partial charge in [-0.2, -0.15) is 15.2 Å². The van der Waals surface area contributed by atoms with E-state index in [-0.39, 0.29) is 0 Å². The highest BCUT2D eigenvalue weighted by Gasteiger charge is 2.27. The van der Waals surface area contributed by atoms with E-state index in [1.165, 1.54) is 0 Å². The fraction of sp³-hybridized carbons (Fsp3) is 0.381. The molecule has 4 aromatic rings. The summed E-state index contributed by atoms with van der Waals surface area (Å²) >= 11 is 0. The predicted molar refractivity (Wildman–Crippen MR) is 114 cm³/mol. The molecule has 160 valence electrons. The van der Waals surface area contributed by atoms with Gasteiger partial charge < -0.3 is 19.1 Å². The molecule has 0 radical (unpaired) electrons. The van der Waals surface area contributed by atoms with Crippen LogP contribution in [0.3, 0.4) is 0 Å². The van der Waals surface area contributed by atoms with Gasteiger partial charge in [-0.3, -0.25) is 0 Å². The molecule has 0 saturated carbocycles. The summed E-state index contributed by atoms with van der Waals surface area (Å²) in [7, 11) is 4.82. The summed E-state index contributed by atoms with van der Waals surface area (Å²) in [4.78, 5) is 10.7. The maximum absolute atomic E-state index is 5.63. The molecule has 1 aliphatic heterocycles. The smallest absolute Gasteiger partial charge is 0.252 e. The molecule has 0 N–H and O–H groups in total. The molecular formula is C21H23N7O3. The first-order valence-electron chi connectivity index (χ1n) is 10.1. The van der Waals surface area contributed by atoms with Crippen LogP contribution in [0.25, 0.3) is 16.6 Å².